The minimum absolute atomic E-state index is 0.205. The van der Waals surface area contributed by atoms with E-state index in [2.05, 4.69) is 0 Å². The molecule has 1 heterocycles. The highest BCUT2D eigenvalue weighted by atomic mass is 16.7. The number of quaternary nitrogens is 1. The molecular formula is C22H36NO9+. The van der Waals surface area contributed by atoms with Crippen molar-refractivity contribution >= 4 is 23.9 Å². The molecule has 1 aliphatic carbocycles. The molecule has 2 fully saturated rings. The fourth-order valence-corrected chi connectivity index (χ4v) is 4.83. The second-order valence-electron chi connectivity index (χ2n) is 9.01. The van der Waals surface area contributed by atoms with Crippen molar-refractivity contribution in [3.63, 3.8) is 0 Å². The molecule has 1 aliphatic heterocycles. The van der Waals surface area contributed by atoms with Crippen LogP contribution < -0.4 is 0 Å². The zero-order valence-corrected chi connectivity index (χ0v) is 19.8. The second-order valence-corrected chi connectivity index (χ2v) is 9.01. The minimum Gasteiger partial charge on any atom is -0.463 e. The third-order valence-electron chi connectivity index (χ3n) is 6.24. The molecule has 2 aliphatic rings. The molecule has 5 atom stereocenters. The SMILES string of the molecule is CC(=O)OC[C@H]1OC(OC(C)=O)[C@H]([N+](C)(C)C2CCCCC2)[C@@H](OC(C)=O)[C@@H]1OC(C)=O. The highest BCUT2D eigenvalue weighted by molar-refractivity contribution is 5.68. The summed E-state index contributed by atoms with van der Waals surface area (Å²) in [6, 6.07) is -0.458. The number of carbonyl (C=O) groups is 4. The summed E-state index contributed by atoms with van der Waals surface area (Å²) in [5.41, 5.74) is 0. The summed E-state index contributed by atoms with van der Waals surface area (Å²) < 4.78 is 28.3. The molecule has 0 spiro atoms. The molecule has 10 heteroatoms. The molecule has 32 heavy (non-hydrogen) atoms. The molecule has 1 saturated heterocycles. The molecule has 0 aromatic rings. The van der Waals surface area contributed by atoms with Crippen molar-refractivity contribution in [1.29, 1.82) is 0 Å². The number of rotatable bonds is 7. The van der Waals surface area contributed by atoms with Gasteiger partial charge in [-0.3, -0.25) is 19.2 Å². The first-order valence-electron chi connectivity index (χ1n) is 11.1. The van der Waals surface area contributed by atoms with Crippen molar-refractivity contribution in [2.24, 2.45) is 0 Å². The number of carbonyl (C=O) groups excluding carboxylic acids is 4. The van der Waals surface area contributed by atoms with E-state index in [0.717, 1.165) is 32.1 Å². The normalized spacial score (nSPS) is 29.0. The van der Waals surface area contributed by atoms with E-state index in [-0.39, 0.29) is 12.6 Å². The molecule has 0 amide bonds. The van der Waals surface area contributed by atoms with Gasteiger partial charge in [0.05, 0.1) is 20.1 Å². The maximum absolute atomic E-state index is 12.1. The summed E-state index contributed by atoms with van der Waals surface area (Å²) in [5.74, 6) is -2.29. The van der Waals surface area contributed by atoms with E-state index in [1.807, 2.05) is 14.1 Å². The molecule has 182 valence electrons. The highest BCUT2D eigenvalue weighted by Gasteiger charge is 2.59. The number of esters is 4. The Hall–Kier alpha value is -2.20. The van der Waals surface area contributed by atoms with Crippen LogP contribution in [0.15, 0.2) is 0 Å². The first kappa shape index (κ1) is 26.1. The van der Waals surface area contributed by atoms with Crippen LogP contribution in [0, 0.1) is 0 Å². The van der Waals surface area contributed by atoms with Crippen LogP contribution in [0.1, 0.15) is 59.8 Å². The lowest BCUT2D eigenvalue weighted by molar-refractivity contribution is -0.951. The quantitative estimate of drug-likeness (QED) is 0.318. The summed E-state index contributed by atoms with van der Waals surface area (Å²) >= 11 is 0. The van der Waals surface area contributed by atoms with Crippen LogP contribution in [0.3, 0.4) is 0 Å². The van der Waals surface area contributed by atoms with Crippen LogP contribution in [0.2, 0.25) is 0 Å². The lowest BCUT2D eigenvalue weighted by atomic mass is 9.87. The Morgan fingerprint density at radius 3 is 1.81 bits per heavy atom. The highest BCUT2D eigenvalue weighted by Crippen LogP contribution is 2.37. The number of nitrogens with zero attached hydrogens (tertiary/aromatic N) is 1. The van der Waals surface area contributed by atoms with Gasteiger partial charge in [-0.2, -0.15) is 0 Å². The molecule has 0 aromatic carbocycles. The van der Waals surface area contributed by atoms with Gasteiger partial charge < -0.3 is 28.2 Å². The third-order valence-corrected chi connectivity index (χ3v) is 6.24. The largest absolute Gasteiger partial charge is 0.463 e. The van der Waals surface area contributed by atoms with E-state index in [0.29, 0.717) is 4.48 Å². The molecule has 0 N–H and O–H groups in total. The van der Waals surface area contributed by atoms with Crippen molar-refractivity contribution < 1.29 is 47.3 Å². The van der Waals surface area contributed by atoms with Gasteiger partial charge in [0.1, 0.15) is 12.7 Å². The van der Waals surface area contributed by atoms with Crippen molar-refractivity contribution in [2.45, 2.75) is 96.5 Å². The lowest BCUT2D eigenvalue weighted by Gasteiger charge is -2.53. The third kappa shape index (κ3) is 6.65. The van der Waals surface area contributed by atoms with E-state index in [4.69, 9.17) is 23.7 Å². The standard InChI is InChI=1S/C22H36NO9/c1-13(24)28-12-18-20(29-14(2)25)21(30-15(3)26)19(22(32-18)31-16(4)27)23(5,6)17-10-8-7-9-11-17/h17-22H,7-12H2,1-6H3/q+1/t18-,19-,20-,21-,22?/m1/s1. The first-order chi connectivity index (χ1) is 14.9. The Balaban J connectivity index is 2.52. The fraction of sp³-hybridized carbons (Fsp3) is 0.818. The van der Waals surface area contributed by atoms with Crippen molar-refractivity contribution in [3.8, 4) is 0 Å². The summed E-state index contributed by atoms with van der Waals surface area (Å²) in [7, 11) is 3.96. The summed E-state index contributed by atoms with van der Waals surface area (Å²) in [5, 5.41) is 0. The van der Waals surface area contributed by atoms with Gasteiger partial charge in [0, 0.05) is 27.7 Å². The Morgan fingerprint density at radius 1 is 0.781 bits per heavy atom. The zero-order chi connectivity index (χ0) is 24.1. The van der Waals surface area contributed by atoms with Gasteiger partial charge in [0.2, 0.25) is 0 Å². The van der Waals surface area contributed by atoms with Crippen molar-refractivity contribution in [3.05, 3.63) is 0 Å². The molecular weight excluding hydrogens is 422 g/mol. The van der Waals surface area contributed by atoms with Gasteiger partial charge in [-0.1, -0.05) is 6.42 Å². The van der Waals surface area contributed by atoms with Crippen LogP contribution in [0.25, 0.3) is 0 Å². The van der Waals surface area contributed by atoms with Gasteiger partial charge in [-0.15, -0.1) is 0 Å². The second kappa shape index (κ2) is 11.1. The smallest absolute Gasteiger partial charge is 0.305 e. The fourth-order valence-electron chi connectivity index (χ4n) is 4.83. The molecule has 1 unspecified atom stereocenters. The van der Waals surface area contributed by atoms with E-state index in [1.165, 1.54) is 27.7 Å². The maximum Gasteiger partial charge on any atom is 0.305 e. The van der Waals surface area contributed by atoms with Gasteiger partial charge in [-0.25, -0.2) is 0 Å². The summed E-state index contributed by atoms with van der Waals surface area (Å²) in [6.45, 7) is 4.75. The van der Waals surface area contributed by atoms with E-state index >= 15 is 0 Å². The topological polar surface area (TPSA) is 114 Å². The Labute approximate surface area is 189 Å². The molecule has 1 saturated carbocycles. The summed E-state index contributed by atoms with van der Waals surface area (Å²) in [6.07, 6.45) is 1.09. The number of ether oxygens (including phenoxy) is 5. The van der Waals surface area contributed by atoms with Gasteiger partial charge in [0.25, 0.3) is 6.29 Å². The molecule has 10 nitrogen and oxygen atoms in total. The van der Waals surface area contributed by atoms with Crippen molar-refractivity contribution in [2.75, 3.05) is 20.7 Å². The minimum atomic E-state index is -1.10. The first-order valence-corrected chi connectivity index (χ1v) is 11.1. The van der Waals surface area contributed by atoms with Gasteiger partial charge in [0.15, 0.2) is 18.2 Å². The van der Waals surface area contributed by atoms with Gasteiger partial charge >= 0.3 is 23.9 Å². The number of likely N-dealkylation sites (N-methyl/N-ethyl adjacent to an activating group) is 1. The lowest BCUT2D eigenvalue weighted by Crippen LogP contribution is -2.73. The van der Waals surface area contributed by atoms with E-state index in [9.17, 15) is 19.2 Å². The monoisotopic (exact) mass is 458 g/mol. The average molecular weight is 459 g/mol. The van der Waals surface area contributed by atoms with Crippen LogP contribution in [0.4, 0.5) is 0 Å². The Morgan fingerprint density at radius 2 is 1.31 bits per heavy atom. The molecule has 0 aromatic heterocycles. The van der Waals surface area contributed by atoms with Crippen LogP contribution in [0.5, 0.6) is 0 Å². The predicted molar refractivity (Wildman–Crippen MR) is 111 cm³/mol. The molecule has 0 bridgehead atoms. The number of hydrogen-bond acceptors (Lipinski definition) is 9. The van der Waals surface area contributed by atoms with Crippen molar-refractivity contribution in [1.82, 2.24) is 0 Å². The van der Waals surface area contributed by atoms with Crippen LogP contribution in [-0.2, 0) is 42.9 Å². The summed E-state index contributed by atoms with van der Waals surface area (Å²) in [4.78, 5) is 47.4. The van der Waals surface area contributed by atoms with Gasteiger partial charge in [-0.05, 0) is 25.7 Å². The molecule has 0 radical (unpaired) electrons. The van der Waals surface area contributed by atoms with Crippen LogP contribution >= 0.6 is 0 Å². The molecule has 2 rings (SSSR count). The average Bonchev–Trinajstić information content (AvgIpc) is 2.67. The maximum atomic E-state index is 12.1. The van der Waals surface area contributed by atoms with E-state index < -0.39 is 54.5 Å². The zero-order valence-electron chi connectivity index (χ0n) is 19.8. The Bertz CT molecular complexity index is 702. The predicted octanol–water partition coefficient (Wildman–Crippen LogP) is 1.48. The Kier molecular flexibility index (Phi) is 9.03. The van der Waals surface area contributed by atoms with E-state index in [1.54, 1.807) is 0 Å². The van der Waals surface area contributed by atoms with Crippen LogP contribution in [-0.4, -0.2) is 85.7 Å². The number of hydrogen-bond donors (Lipinski definition) is 0.